The summed E-state index contributed by atoms with van der Waals surface area (Å²) in [6.45, 7) is 1.72. The number of anilines is 1. The lowest BCUT2D eigenvalue weighted by atomic mass is 10.1. The monoisotopic (exact) mass is 411 g/mol. The van der Waals surface area contributed by atoms with Crippen molar-refractivity contribution in [3.8, 4) is 0 Å². The van der Waals surface area contributed by atoms with E-state index in [1.165, 1.54) is 11.3 Å². The molecule has 0 aliphatic heterocycles. The van der Waals surface area contributed by atoms with Crippen LogP contribution in [-0.4, -0.2) is 10.2 Å². The standard InChI is InChI=1S/C18H12Cl3NO2S/c1-17(8-18(17,20)21)16(24)22-10-3-5-14-12(7-10)15(23)11-6-9(19)2-4-13(11)25-14/h2-7H,8H2,1H3,(H,22,24)/t17-/m0/s1. The fourth-order valence-electron chi connectivity index (χ4n) is 2.82. The molecule has 1 heterocycles. The fourth-order valence-corrected chi connectivity index (χ4v) is 4.73. The molecule has 7 heteroatoms. The van der Waals surface area contributed by atoms with Gasteiger partial charge in [-0.1, -0.05) is 11.6 Å². The minimum absolute atomic E-state index is 0.107. The highest BCUT2D eigenvalue weighted by Crippen LogP contribution is 2.64. The number of rotatable bonds is 2. The maximum absolute atomic E-state index is 12.8. The zero-order valence-corrected chi connectivity index (χ0v) is 16.1. The van der Waals surface area contributed by atoms with Crippen LogP contribution in [0.2, 0.25) is 5.02 Å². The lowest BCUT2D eigenvalue weighted by Gasteiger charge is -2.13. The van der Waals surface area contributed by atoms with Crippen LogP contribution in [-0.2, 0) is 4.79 Å². The summed E-state index contributed by atoms with van der Waals surface area (Å²) in [6.07, 6.45) is 0.403. The molecule has 3 aromatic rings. The van der Waals surface area contributed by atoms with Crippen molar-refractivity contribution >= 4 is 77.9 Å². The Hall–Kier alpha value is -1.33. The number of halogens is 3. The number of hydrogen-bond donors (Lipinski definition) is 1. The highest BCUT2D eigenvalue weighted by Gasteiger charge is 2.67. The molecule has 1 aliphatic rings. The predicted molar refractivity (Wildman–Crippen MR) is 106 cm³/mol. The number of hydrogen-bond acceptors (Lipinski definition) is 3. The second-order valence-corrected chi connectivity index (χ2v) is 9.45. The van der Waals surface area contributed by atoms with E-state index in [2.05, 4.69) is 5.32 Å². The van der Waals surface area contributed by atoms with Crippen molar-refractivity contribution in [3.05, 3.63) is 51.6 Å². The zero-order chi connectivity index (χ0) is 18.0. The summed E-state index contributed by atoms with van der Waals surface area (Å²) in [4.78, 5) is 25.2. The molecule has 128 valence electrons. The molecule has 1 aromatic heterocycles. The van der Waals surface area contributed by atoms with Gasteiger partial charge in [-0.05, 0) is 49.7 Å². The van der Waals surface area contributed by atoms with Crippen molar-refractivity contribution < 1.29 is 4.79 Å². The molecule has 1 atom stereocenters. The van der Waals surface area contributed by atoms with Gasteiger partial charge in [0.05, 0.1) is 5.41 Å². The molecular formula is C18H12Cl3NO2S. The molecule has 0 spiro atoms. The van der Waals surface area contributed by atoms with Crippen molar-refractivity contribution in [1.82, 2.24) is 0 Å². The van der Waals surface area contributed by atoms with Gasteiger partial charge in [0, 0.05) is 30.9 Å². The largest absolute Gasteiger partial charge is 0.325 e. The molecule has 1 saturated carbocycles. The van der Waals surface area contributed by atoms with Crippen molar-refractivity contribution in [1.29, 1.82) is 0 Å². The highest BCUT2D eigenvalue weighted by atomic mass is 35.5. The van der Waals surface area contributed by atoms with Crippen LogP contribution < -0.4 is 10.7 Å². The molecule has 1 fully saturated rings. The Labute approximate surface area is 162 Å². The SMILES string of the molecule is C[C@@]1(C(=O)Nc2ccc3sc4ccc(Cl)cc4c(=O)c3c2)CC1(Cl)Cl. The molecule has 4 rings (SSSR count). The van der Waals surface area contributed by atoms with Gasteiger partial charge < -0.3 is 5.32 Å². The summed E-state index contributed by atoms with van der Waals surface area (Å²) >= 11 is 19.6. The van der Waals surface area contributed by atoms with Gasteiger partial charge in [-0.2, -0.15) is 0 Å². The summed E-state index contributed by atoms with van der Waals surface area (Å²) in [6, 6.07) is 10.6. The minimum Gasteiger partial charge on any atom is -0.325 e. The molecule has 0 unspecified atom stereocenters. The minimum atomic E-state index is -1.04. The fraction of sp³-hybridized carbons (Fsp3) is 0.222. The molecule has 2 aromatic carbocycles. The van der Waals surface area contributed by atoms with Crippen LogP contribution in [0, 0.1) is 5.41 Å². The number of amides is 1. The lowest BCUT2D eigenvalue weighted by molar-refractivity contribution is -0.120. The first-order valence-electron chi connectivity index (χ1n) is 7.57. The quantitative estimate of drug-likeness (QED) is 0.440. The van der Waals surface area contributed by atoms with Gasteiger partial charge in [0.25, 0.3) is 0 Å². The maximum atomic E-state index is 12.8. The van der Waals surface area contributed by atoms with Gasteiger partial charge in [0.1, 0.15) is 4.33 Å². The third-order valence-corrected chi connectivity index (χ3v) is 7.14. The second-order valence-electron chi connectivity index (χ2n) is 6.45. The third kappa shape index (κ3) is 2.72. The van der Waals surface area contributed by atoms with Crippen LogP contribution in [0.5, 0.6) is 0 Å². The van der Waals surface area contributed by atoms with E-state index in [1.807, 2.05) is 12.1 Å². The summed E-state index contributed by atoms with van der Waals surface area (Å²) in [7, 11) is 0. The second kappa shape index (κ2) is 5.58. The third-order valence-electron chi connectivity index (χ3n) is 4.65. The van der Waals surface area contributed by atoms with E-state index in [9.17, 15) is 9.59 Å². The predicted octanol–water partition coefficient (Wildman–Crippen LogP) is 5.59. The highest BCUT2D eigenvalue weighted by molar-refractivity contribution is 7.24. The van der Waals surface area contributed by atoms with Crippen LogP contribution >= 0.6 is 46.1 Å². The first-order chi connectivity index (χ1) is 11.7. The average molecular weight is 413 g/mol. The number of alkyl halides is 2. The number of carbonyl (C=O) groups excluding carboxylic acids is 1. The number of benzene rings is 2. The van der Waals surface area contributed by atoms with Crippen LogP contribution in [0.1, 0.15) is 13.3 Å². The molecule has 1 amide bonds. The van der Waals surface area contributed by atoms with Gasteiger partial charge in [-0.15, -0.1) is 34.5 Å². The molecular weight excluding hydrogens is 401 g/mol. The van der Waals surface area contributed by atoms with E-state index in [0.717, 1.165) is 9.40 Å². The summed E-state index contributed by atoms with van der Waals surface area (Å²) in [5.41, 5.74) is -0.380. The van der Waals surface area contributed by atoms with Gasteiger partial charge >= 0.3 is 0 Å². The molecule has 1 aliphatic carbocycles. The van der Waals surface area contributed by atoms with Crippen LogP contribution in [0.15, 0.2) is 41.2 Å². The van der Waals surface area contributed by atoms with Gasteiger partial charge in [0.15, 0.2) is 5.43 Å². The normalized spacial score (nSPS) is 21.4. The smallest absolute Gasteiger partial charge is 0.233 e. The van der Waals surface area contributed by atoms with E-state index in [0.29, 0.717) is 27.9 Å². The van der Waals surface area contributed by atoms with Crippen LogP contribution in [0.25, 0.3) is 20.2 Å². The van der Waals surface area contributed by atoms with E-state index in [4.69, 9.17) is 34.8 Å². The van der Waals surface area contributed by atoms with Crippen molar-refractivity contribution in [2.75, 3.05) is 5.32 Å². The first-order valence-corrected chi connectivity index (χ1v) is 9.52. The van der Waals surface area contributed by atoms with Crippen LogP contribution in [0.3, 0.4) is 0 Å². The Morgan fingerprint density at radius 1 is 1.12 bits per heavy atom. The van der Waals surface area contributed by atoms with Gasteiger partial charge in [-0.3, -0.25) is 9.59 Å². The lowest BCUT2D eigenvalue weighted by Crippen LogP contribution is -2.25. The number of nitrogens with one attached hydrogen (secondary N) is 1. The Morgan fingerprint density at radius 3 is 2.36 bits per heavy atom. The number of fused-ring (bicyclic) bond motifs is 2. The van der Waals surface area contributed by atoms with Crippen molar-refractivity contribution in [2.24, 2.45) is 5.41 Å². The van der Waals surface area contributed by atoms with Crippen molar-refractivity contribution in [2.45, 2.75) is 17.7 Å². The first kappa shape index (κ1) is 17.1. The van der Waals surface area contributed by atoms with Crippen molar-refractivity contribution in [3.63, 3.8) is 0 Å². The average Bonchev–Trinajstić information content (AvgIpc) is 3.09. The zero-order valence-electron chi connectivity index (χ0n) is 13.0. The molecule has 0 saturated heterocycles. The van der Waals surface area contributed by atoms with Gasteiger partial charge in [0.2, 0.25) is 5.91 Å². The Morgan fingerprint density at radius 2 is 1.72 bits per heavy atom. The topological polar surface area (TPSA) is 46.2 Å². The van der Waals surface area contributed by atoms with E-state index < -0.39 is 9.75 Å². The molecule has 3 nitrogen and oxygen atoms in total. The Kier molecular flexibility index (Phi) is 3.82. The van der Waals surface area contributed by atoms with E-state index in [1.54, 1.807) is 31.2 Å². The summed E-state index contributed by atoms with van der Waals surface area (Å²) in [5, 5.41) is 4.44. The van der Waals surface area contributed by atoms with E-state index in [-0.39, 0.29) is 11.3 Å². The van der Waals surface area contributed by atoms with E-state index >= 15 is 0 Å². The molecule has 0 bridgehead atoms. The molecule has 25 heavy (non-hydrogen) atoms. The Balaban J connectivity index is 1.77. The molecule has 1 N–H and O–H groups in total. The molecule has 0 radical (unpaired) electrons. The van der Waals surface area contributed by atoms with Crippen LogP contribution in [0.4, 0.5) is 5.69 Å². The maximum Gasteiger partial charge on any atom is 0.233 e. The summed E-state index contributed by atoms with van der Waals surface area (Å²) in [5.74, 6) is -0.253. The van der Waals surface area contributed by atoms with Gasteiger partial charge in [-0.25, -0.2) is 0 Å². The Bertz CT molecular complexity index is 1110. The number of carbonyl (C=O) groups is 1. The summed E-state index contributed by atoms with van der Waals surface area (Å²) < 4.78 is 0.685.